The van der Waals surface area contributed by atoms with E-state index in [1.807, 2.05) is 18.2 Å². The van der Waals surface area contributed by atoms with Gasteiger partial charge in [0.15, 0.2) is 5.69 Å². The first-order valence-corrected chi connectivity index (χ1v) is 9.97. The number of hydrogen-bond donors (Lipinski definition) is 0. The van der Waals surface area contributed by atoms with Crippen molar-refractivity contribution in [3.05, 3.63) is 45.2 Å². The van der Waals surface area contributed by atoms with Gasteiger partial charge in [-0.1, -0.05) is 23.2 Å². The lowest BCUT2D eigenvalue weighted by atomic mass is 10.1. The monoisotopic (exact) mass is 464 g/mol. The lowest BCUT2D eigenvalue weighted by molar-refractivity contribution is -0.142. The van der Waals surface area contributed by atoms with Crippen LogP contribution in [-0.4, -0.2) is 53.9 Å². The molecular formula is C19H21Cl2F3N4O2. The second-order valence-corrected chi connectivity index (χ2v) is 7.77. The molecule has 0 radical (unpaired) electrons. The molecule has 1 aliphatic heterocycles. The van der Waals surface area contributed by atoms with Crippen molar-refractivity contribution in [1.82, 2.24) is 14.7 Å². The molecule has 11 heteroatoms. The summed E-state index contributed by atoms with van der Waals surface area (Å²) < 4.78 is 45.1. The summed E-state index contributed by atoms with van der Waals surface area (Å²) in [5.41, 5.74) is 0.793. The molecule has 0 N–H and O–H groups in total. The summed E-state index contributed by atoms with van der Waals surface area (Å²) in [4.78, 5) is 16.3. The summed E-state index contributed by atoms with van der Waals surface area (Å²) >= 11 is 11.9. The van der Waals surface area contributed by atoms with E-state index < -0.39 is 16.9 Å². The summed E-state index contributed by atoms with van der Waals surface area (Å²) in [6.07, 6.45) is -4.66. The third kappa shape index (κ3) is 4.84. The number of amides is 1. The molecule has 1 aromatic heterocycles. The zero-order valence-electron chi connectivity index (χ0n) is 16.5. The molecule has 1 aromatic carbocycles. The second kappa shape index (κ2) is 9.03. The lowest BCUT2D eigenvalue weighted by Gasteiger charge is -2.36. The standard InChI is InChI=1S/C19H21Cl2F3N4O2/c1-12-17(21)18(19(22,23)24)25-28(12)10-16(29)27-7-5-26(6-8-27)14-3-4-15(20)13(9-14)11-30-2/h3-4,9H,5-8,10-11H2,1-2H3. The van der Waals surface area contributed by atoms with Crippen LogP contribution in [0.4, 0.5) is 18.9 Å². The molecule has 3 rings (SSSR count). The normalized spacial score (nSPS) is 15.0. The number of hydrogen-bond acceptors (Lipinski definition) is 4. The Morgan fingerprint density at radius 1 is 1.20 bits per heavy atom. The van der Waals surface area contributed by atoms with Gasteiger partial charge in [0.2, 0.25) is 5.91 Å². The Balaban J connectivity index is 1.63. The van der Waals surface area contributed by atoms with Crippen LogP contribution in [0.1, 0.15) is 17.0 Å². The molecule has 0 atom stereocenters. The van der Waals surface area contributed by atoms with Crippen LogP contribution in [0.25, 0.3) is 0 Å². The van der Waals surface area contributed by atoms with Crippen LogP contribution in [0, 0.1) is 6.92 Å². The molecule has 0 aliphatic carbocycles. The molecule has 0 bridgehead atoms. The van der Waals surface area contributed by atoms with Crippen molar-refractivity contribution >= 4 is 34.8 Å². The van der Waals surface area contributed by atoms with Crippen LogP contribution in [-0.2, 0) is 28.9 Å². The summed E-state index contributed by atoms with van der Waals surface area (Å²) in [7, 11) is 1.60. The Morgan fingerprint density at radius 2 is 1.87 bits per heavy atom. The summed E-state index contributed by atoms with van der Waals surface area (Å²) in [6, 6.07) is 5.68. The highest BCUT2D eigenvalue weighted by Gasteiger charge is 2.38. The number of carbonyl (C=O) groups is 1. The van der Waals surface area contributed by atoms with Crippen LogP contribution in [0.2, 0.25) is 10.0 Å². The lowest BCUT2D eigenvalue weighted by Crippen LogP contribution is -2.49. The topological polar surface area (TPSA) is 50.6 Å². The SMILES string of the molecule is COCc1cc(N2CCN(C(=O)Cn3nc(C(F)(F)F)c(Cl)c3C)CC2)ccc1Cl. The predicted molar refractivity (Wildman–Crippen MR) is 108 cm³/mol. The van der Waals surface area contributed by atoms with E-state index in [2.05, 4.69) is 10.00 Å². The van der Waals surface area contributed by atoms with Crippen molar-refractivity contribution in [1.29, 1.82) is 0 Å². The fourth-order valence-electron chi connectivity index (χ4n) is 3.33. The van der Waals surface area contributed by atoms with Gasteiger partial charge in [0.05, 0.1) is 17.3 Å². The molecule has 2 heterocycles. The van der Waals surface area contributed by atoms with Crippen LogP contribution in [0.3, 0.4) is 0 Å². The quantitative estimate of drug-likeness (QED) is 0.670. The maximum absolute atomic E-state index is 13.0. The molecule has 0 spiro atoms. The molecule has 164 valence electrons. The van der Waals surface area contributed by atoms with Gasteiger partial charge < -0.3 is 14.5 Å². The molecule has 1 aliphatic rings. The van der Waals surface area contributed by atoms with Gasteiger partial charge >= 0.3 is 6.18 Å². The number of anilines is 1. The van der Waals surface area contributed by atoms with Gasteiger partial charge in [0.1, 0.15) is 6.54 Å². The number of rotatable bonds is 5. The van der Waals surface area contributed by atoms with E-state index in [0.29, 0.717) is 37.8 Å². The van der Waals surface area contributed by atoms with E-state index in [0.717, 1.165) is 15.9 Å². The zero-order valence-corrected chi connectivity index (χ0v) is 18.0. The number of methoxy groups -OCH3 is 1. The smallest absolute Gasteiger partial charge is 0.380 e. The van der Waals surface area contributed by atoms with Gasteiger partial charge in [-0.05, 0) is 30.7 Å². The van der Waals surface area contributed by atoms with Crippen molar-refractivity contribution in [3.8, 4) is 0 Å². The number of nitrogens with zero attached hydrogens (tertiary/aromatic N) is 4. The molecule has 0 unspecified atom stereocenters. The van der Waals surface area contributed by atoms with Crippen LogP contribution in [0.15, 0.2) is 18.2 Å². The van der Waals surface area contributed by atoms with Crippen molar-refractivity contribution in [2.24, 2.45) is 0 Å². The average molecular weight is 465 g/mol. The third-order valence-corrected chi connectivity index (χ3v) is 5.83. The van der Waals surface area contributed by atoms with Gasteiger partial charge in [0.25, 0.3) is 0 Å². The highest BCUT2D eigenvalue weighted by Crippen LogP contribution is 2.35. The summed E-state index contributed by atoms with van der Waals surface area (Å²) in [5.74, 6) is -0.304. The van der Waals surface area contributed by atoms with E-state index >= 15 is 0 Å². The Morgan fingerprint density at radius 3 is 2.43 bits per heavy atom. The highest BCUT2D eigenvalue weighted by atomic mass is 35.5. The highest BCUT2D eigenvalue weighted by molar-refractivity contribution is 6.32. The first-order chi connectivity index (χ1) is 14.1. The van der Waals surface area contributed by atoms with E-state index in [4.69, 9.17) is 27.9 Å². The summed E-state index contributed by atoms with van der Waals surface area (Å²) in [6.45, 7) is 3.59. The van der Waals surface area contributed by atoms with Crippen LogP contribution < -0.4 is 4.90 Å². The van der Waals surface area contributed by atoms with E-state index in [9.17, 15) is 18.0 Å². The van der Waals surface area contributed by atoms with Crippen LogP contribution in [0.5, 0.6) is 0 Å². The van der Waals surface area contributed by atoms with Gasteiger partial charge in [0, 0.05) is 44.0 Å². The molecule has 0 saturated carbocycles. The van der Waals surface area contributed by atoms with Gasteiger partial charge in [-0.2, -0.15) is 18.3 Å². The van der Waals surface area contributed by atoms with Crippen molar-refractivity contribution in [3.63, 3.8) is 0 Å². The minimum absolute atomic E-state index is 0.114. The molecule has 1 fully saturated rings. The van der Waals surface area contributed by atoms with E-state index in [1.54, 1.807) is 12.0 Å². The third-order valence-electron chi connectivity index (χ3n) is 5.01. The molecule has 2 aromatic rings. The maximum atomic E-state index is 13.0. The van der Waals surface area contributed by atoms with Crippen molar-refractivity contribution in [2.45, 2.75) is 26.3 Å². The minimum Gasteiger partial charge on any atom is -0.380 e. The zero-order chi connectivity index (χ0) is 22.1. The fraction of sp³-hybridized carbons (Fsp3) is 0.474. The first-order valence-electron chi connectivity index (χ1n) is 9.22. The van der Waals surface area contributed by atoms with Crippen molar-refractivity contribution in [2.75, 3.05) is 38.2 Å². The second-order valence-electron chi connectivity index (χ2n) is 6.98. The number of halogens is 5. The number of aromatic nitrogens is 2. The van der Waals surface area contributed by atoms with E-state index in [-0.39, 0.29) is 18.1 Å². The number of carbonyl (C=O) groups excluding carboxylic acids is 1. The van der Waals surface area contributed by atoms with Gasteiger partial charge in [-0.25, -0.2) is 0 Å². The van der Waals surface area contributed by atoms with Crippen LogP contribution >= 0.6 is 23.2 Å². The number of piperazine rings is 1. The fourth-order valence-corrected chi connectivity index (χ4v) is 3.74. The molecule has 1 saturated heterocycles. The summed E-state index contributed by atoms with van der Waals surface area (Å²) in [5, 5.41) is 3.64. The Bertz CT molecular complexity index is 925. The number of alkyl halides is 3. The van der Waals surface area contributed by atoms with E-state index in [1.165, 1.54) is 6.92 Å². The van der Waals surface area contributed by atoms with Gasteiger partial charge in [-0.3, -0.25) is 9.48 Å². The molecule has 30 heavy (non-hydrogen) atoms. The minimum atomic E-state index is -4.66. The molecular weight excluding hydrogens is 444 g/mol. The Labute approximate surface area is 182 Å². The first kappa shape index (κ1) is 22.7. The average Bonchev–Trinajstić information content (AvgIpc) is 2.98. The predicted octanol–water partition coefficient (Wildman–Crippen LogP) is 4.01. The molecule has 6 nitrogen and oxygen atoms in total. The largest absolute Gasteiger partial charge is 0.436 e. The Kier molecular flexibility index (Phi) is 6.84. The number of ether oxygens (including phenoxy) is 1. The maximum Gasteiger partial charge on any atom is 0.436 e. The van der Waals surface area contributed by atoms with Gasteiger partial charge in [-0.15, -0.1) is 0 Å². The Hall–Kier alpha value is -1.97. The molecule has 1 amide bonds. The van der Waals surface area contributed by atoms with Crippen molar-refractivity contribution < 1.29 is 22.7 Å². The number of benzene rings is 1.